The topological polar surface area (TPSA) is 236 Å². The molecule has 0 saturated carbocycles. The van der Waals surface area contributed by atoms with E-state index >= 15 is 0 Å². The molecule has 0 aromatic carbocycles. The van der Waals surface area contributed by atoms with Crippen LogP contribution in [0.25, 0.3) is 0 Å². The molecule has 0 bridgehead atoms. The van der Waals surface area contributed by atoms with Crippen LogP contribution >= 0.6 is 0 Å². The number of rotatable bonds is 0. The minimum atomic E-state index is -0.833. The van der Waals surface area contributed by atoms with Gasteiger partial charge in [0.25, 0.3) is 23.9 Å². The number of nitrogens with two attached hydrogens (primary N) is 2. The molecule has 21 heavy (non-hydrogen) atoms. The second-order valence-corrected chi connectivity index (χ2v) is 2.94. The lowest BCUT2D eigenvalue weighted by Gasteiger charge is -1.83. The van der Waals surface area contributed by atoms with Crippen molar-refractivity contribution in [3.05, 3.63) is 0 Å². The highest BCUT2D eigenvalue weighted by molar-refractivity contribution is 5.63. The third-order valence-corrected chi connectivity index (χ3v) is 0. The highest BCUT2D eigenvalue weighted by Gasteiger charge is 1.67. The number of carbonyl (C=O) groups is 4. The third-order valence-electron chi connectivity index (χ3n) is 0. The average molecular weight is 317 g/mol. The summed E-state index contributed by atoms with van der Waals surface area (Å²) >= 11 is 0. The van der Waals surface area contributed by atoms with Gasteiger partial charge in [0.15, 0.2) is 0 Å². The minimum Gasteiger partial charge on any atom is -0.481 e. The fourth-order valence-corrected chi connectivity index (χ4v) is 0. The van der Waals surface area contributed by atoms with Crippen LogP contribution in [-0.4, -0.2) is 50.5 Å². The van der Waals surface area contributed by atoms with Gasteiger partial charge in [0, 0.05) is 33.9 Å². The van der Waals surface area contributed by atoms with Crippen molar-refractivity contribution in [1.29, 1.82) is 0 Å². The van der Waals surface area contributed by atoms with Crippen molar-refractivity contribution >= 4 is 23.9 Å². The lowest BCUT2D eigenvalue weighted by Crippen LogP contribution is -2.25. The molecule has 0 unspecified atom stereocenters. The maximum atomic E-state index is 9.00. The van der Waals surface area contributed by atoms with Crippen molar-refractivity contribution in [1.82, 2.24) is 6.15 Å². The molecular formula is C10H27N3O8. The van der Waals surface area contributed by atoms with Gasteiger partial charge in [0.2, 0.25) is 0 Å². The Bertz CT molecular complexity index is 202. The lowest BCUT2D eigenvalue weighted by molar-refractivity contribution is -0.135. The minimum absolute atomic E-state index is 0. The number of carboxylic acid groups (broad SMARTS) is 4. The van der Waals surface area contributed by atoms with Gasteiger partial charge < -0.3 is 38.0 Å². The summed E-state index contributed by atoms with van der Waals surface area (Å²) in [7, 11) is 0. The normalized spacial score (nSPS) is 6.48. The van der Waals surface area contributed by atoms with Gasteiger partial charge in [-0.15, -0.1) is 0 Å². The Morgan fingerprint density at radius 3 is 0.667 bits per heavy atom. The molecule has 0 aromatic heterocycles. The van der Waals surface area contributed by atoms with E-state index < -0.39 is 23.9 Å². The quantitative estimate of drug-likeness (QED) is 0.288. The molecule has 0 heterocycles. The SMILES string of the molecule is CC(=O)O.CC(=O)O.CC(=O)O.CC(=O)O.CC(N)N.N. The van der Waals surface area contributed by atoms with Crippen LogP contribution in [0.4, 0.5) is 0 Å². The largest absolute Gasteiger partial charge is 0.481 e. The maximum Gasteiger partial charge on any atom is 0.300 e. The number of hydrogen-bond acceptors (Lipinski definition) is 7. The summed E-state index contributed by atoms with van der Waals surface area (Å²) in [6, 6.07) is 0. The monoisotopic (exact) mass is 317 g/mol. The van der Waals surface area contributed by atoms with Crippen molar-refractivity contribution in [3.8, 4) is 0 Å². The van der Waals surface area contributed by atoms with E-state index in [2.05, 4.69) is 0 Å². The first-order chi connectivity index (χ1) is 8.66. The Kier molecular flexibility index (Phi) is 53.0. The molecule has 0 aliphatic rings. The summed E-state index contributed by atoms with van der Waals surface area (Å²) in [6.07, 6.45) is -0.167. The van der Waals surface area contributed by atoms with Crippen molar-refractivity contribution < 1.29 is 39.6 Å². The van der Waals surface area contributed by atoms with Gasteiger partial charge in [-0.2, -0.15) is 0 Å². The summed E-state index contributed by atoms with van der Waals surface area (Å²) < 4.78 is 0. The molecule has 0 rings (SSSR count). The van der Waals surface area contributed by atoms with E-state index in [0.29, 0.717) is 0 Å². The standard InChI is InChI=1S/C2H8N2.4C2H4O2.H3N/c5*1-2(3)4;/h2H,3-4H2,1H3;4*1H3,(H,3,4);1H3. The van der Waals surface area contributed by atoms with Crippen LogP contribution in [-0.2, 0) is 19.2 Å². The molecule has 11 N–H and O–H groups in total. The van der Waals surface area contributed by atoms with Crippen molar-refractivity contribution in [2.75, 3.05) is 0 Å². The molecule has 0 aromatic rings. The summed E-state index contributed by atoms with van der Waals surface area (Å²) in [6.45, 7) is 6.06. The molecule has 11 heteroatoms. The second-order valence-electron chi connectivity index (χ2n) is 2.94. The maximum absolute atomic E-state index is 9.00. The Hall–Kier alpha value is -2.24. The Labute approximate surface area is 123 Å². The fourth-order valence-electron chi connectivity index (χ4n) is 0. The third kappa shape index (κ3) is 879. The first-order valence-corrected chi connectivity index (χ1v) is 4.95. The summed E-state index contributed by atoms with van der Waals surface area (Å²) in [5, 5.41) is 29.7. The lowest BCUT2D eigenvalue weighted by atomic mass is 10.7. The van der Waals surface area contributed by atoms with E-state index in [9.17, 15) is 0 Å². The molecule has 0 atom stereocenters. The van der Waals surface area contributed by atoms with Crippen molar-refractivity contribution in [2.24, 2.45) is 11.5 Å². The van der Waals surface area contributed by atoms with Crippen LogP contribution in [0.5, 0.6) is 0 Å². The van der Waals surface area contributed by atoms with Gasteiger partial charge in [-0.05, 0) is 6.92 Å². The van der Waals surface area contributed by atoms with E-state index in [-0.39, 0.29) is 12.3 Å². The van der Waals surface area contributed by atoms with Crippen molar-refractivity contribution in [3.63, 3.8) is 0 Å². The first-order valence-electron chi connectivity index (χ1n) is 4.95. The summed E-state index contributed by atoms with van der Waals surface area (Å²) in [5.41, 5.74) is 9.78. The van der Waals surface area contributed by atoms with Crippen LogP contribution < -0.4 is 17.6 Å². The zero-order valence-corrected chi connectivity index (χ0v) is 12.9. The molecule has 0 aliphatic carbocycles. The Morgan fingerprint density at radius 2 is 0.667 bits per heavy atom. The molecule has 0 spiro atoms. The van der Waals surface area contributed by atoms with Gasteiger partial charge in [0.05, 0.1) is 0 Å². The number of carboxylic acids is 4. The number of hydrogen-bond donors (Lipinski definition) is 7. The van der Waals surface area contributed by atoms with Gasteiger partial charge in [0.1, 0.15) is 0 Å². The second kappa shape index (κ2) is 30.6. The Balaban J connectivity index is -0.0000000331. The van der Waals surface area contributed by atoms with Crippen LogP contribution in [0.15, 0.2) is 0 Å². The van der Waals surface area contributed by atoms with Crippen LogP contribution in [0, 0.1) is 0 Å². The van der Waals surface area contributed by atoms with Crippen molar-refractivity contribution in [2.45, 2.75) is 40.8 Å². The molecular weight excluding hydrogens is 290 g/mol. The van der Waals surface area contributed by atoms with E-state index in [4.69, 9.17) is 51.1 Å². The van der Waals surface area contributed by atoms with Crippen LogP contribution in [0.3, 0.4) is 0 Å². The van der Waals surface area contributed by atoms with Gasteiger partial charge in [-0.1, -0.05) is 0 Å². The predicted octanol–water partition coefficient (Wildman–Crippen LogP) is -0.225. The average Bonchev–Trinajstić information content (AvgIpc) is 1.94. The van der Waals surface area contributed by atoms with Gasteiger partial charge >= 0.3 is 0 Å². The molecule has 0 saturated heterocycles. The highest BCUT2D eigenvalue weighted by Crippen LogP contribution is 1.43. The summed E-state index contributed by atoms with van der Waals surface area (Å²) in [5.74, 6) is -3.33. The fraction of sp³-hybridized carbons (Fsp3) is 0.600. The predicted molar refractivity (Wildman–Crippen MR) is 76.1 cm³/mol. The number of aliphatic carboxylic acids is 4. The van der Waals surface area contributed by atoms with E-state index in [0.717, 1.165) is 27.7 Å². The van der Waals surface area contributed by atoms with E-state index in [1.54, 1.807) is 6.92 Å². The van der Waals surface area contributed by atoms with Crippen LogP contribution in [0.2, 0.25) is 0 Å². The van der Waals surface area contributed by atoms with E-state index in [1.165, 1.54) is 0 Å². The van der Waals surface area contributed by atoms with E-state index in [1.807, 2.05) is 0 Å². The first kappa shape index (κ1) is 36.3. The zero-order valence-electron chi connectivity index (χ0n) is 12.9. The zero-order chi connectivity index (χ0) is 17.9. The van der Waals surface area contributed by atoms with Gasteiger partial charge in [-0.25, -0.2) is 0 Å². The molecule has 0 amide bonds. The van der Waals surface area contributed by atoms with Crippen LogP contribution in [0.1, 0.15) is 34.6 Å². The Morgan fingerprint density at radius 1 is 0.667 bits per heavy atom. The summed E-state index contributed by atoms with van der Waals surface area (Å²) in [4.78, 5) is 36.0. The molecule has 0 aliphatic heterocycles. The molecule has 130 valence electrons. The molecule has 0 radical (unpaired) electrons. The molecule has 0 fully saturated rings. The van der Waals surface area contributed by atoms with Gasteiger partial charge in [-0.3, -0.25) is 19.2 Å². The molecule has 11 nitrogen and oxygen atoms in total. The highest BCUT2D eigenvalue weighted by atomic mass is 16.4. The smallest absolute Gasteiger partial charge is 0.300 e.